The number of carbonyl (C=O) groups excluding carboxylic acids is 2. The van der Waals surface area contributed by atoms with Gasteiger partial charge in [0.25, 0.3) is 5.91 Å². The number of hydrogen-bond acceptors (Lipinski definition) is 4. The zero-order chi connectivity index (χ0) is 23.8. The third-order valence-electron chi connectivity index (χ3n) is 5.88. The molecule has 6 nitrogen and oxygen atoms in total. The molecule has 3 rings (SSSR count). The Kier molecular flexibility index (Phi) is 8.95. The van der Waals surface area contributed by atoms with Crippen molar-refractivity contribution in [2.45, 2.75) is 46.6 Å². The maximum Gasteiger partial charge on any atom is 0.259 e. The van der Waals surface area contributed by atoms with Gasteiger partial charge < -0.3 is 14.7 Å². The molecule has 0 radical (unpaired) electrons. The van der Waals surface area contributed by atoms with E-state index in [-0.39, 0.29) is 24.2 Å². The van der Waals surface area contributed by atoms with E-state index in [4.69, 9.17) is 0 Å². The first-order valence-corrected chi connectivity index (χ1v) is 11.9. The first kappa shape index (κ1) is 24.8. The van der Waals surface area contributed by atoms with Crippen molar-refractivity contribution in [3.63, 3.8) is 0 Å². The number of amides is 2. The van der Waals surface area contributed by atoms with Gasteiger partial charge in [-0.05, 0) is 67.7 Å². The Morgan fingerprint density at radius 1 is 1.09 bits per heavy atom. The van der Waals surface area contributed by atoms with Crippen LogP contribution in [0, 0.1) is 11.7 Å². The fourth-order valence-electron chi connectivity index (χ4n) is 4.39. The van der Waals surface area contributed by atoms with Crippen molar-refractivity contribution >= 4 is 17.5 Å². The molecule has 0 aliphatic carbocycles. The van der Waals surface area contributed by atoms with Gasteiger partial charge in [-0.2, -0.15) is 0 Å². The molecular formula is C26H35FN4O2. The summed E-state index contributed by atoms with van der Waals surface area (Å²) in [6.07, 6.45) is 5.24. The largest absolute Gasteiger partial charge is 0.338 e. The summed E-state index contributed by atoms with van der Waals surface area (Å²) in [4.78, 5) is 36.2. The van der Waals surface area contributed by atoms with Crippen molar-refractivity contribution < 1.29 is 14.0 Å². The average molecular weight is 455 g/mol. The summed E-state index contributed by atoms with van der Waals surface area (Å²) in [5.41, 5.74) is 1.78. The van der Waals surface area contributed by atoms with Gasteiger partial charge in [-0.1, -0.05) is 20.8 Å². The number of anilines is 1. The van der Waals surface area contributed by atoms with E-state index in [1.165, 1.54) is 12.1 Å². The molecule has 0 unspecified atom stereocenters. The van der Waals surface area contributed by atoms with E-state index in [2.05, 4.69) is 23.7 Å². The molecule has 0 atom stereocenters. The minimum absolute atomic E-state index is 0.0304. The van der Waals surface area contributed by atoms with Gasteiger partial charge in [0, 0.05) is 50.7 Å². The monoisotopic (exact) mass is 454 g/mol. The maximum atomic E-state index is 14.3. The van der Waals surface area contributed by atoms with Crippen LogP contribution in [0.5, 0.6) is 0 Å². The molecule has 2 amide bonds. The summed E-state index contributed by atoms with van der Waals surface area (Å²) in [7, 11) is 0. The molecule has 0 fully saturated rings. The SMILES string of the molecule is CCC(=O)N1CCCN(CC(C)C)CCCN(C(=O)c2cccnc2)c2ccc(F)cc2C1. The van der Waals surface area contributed by atoms with Gasteiger partial charge in [0.1, 0.15) is 5.82 Å². The number of aromatic nitrogens is 1. The summed E-state index contributed by atoms with van der Waals surface area (Å²) < 4.78 is 14.3. The minimum atomic E-state index is -0.373. The highest BCUT2D eigenvalue weighted by Crippen LogP contribution is 2.26. The molecule has 178 valence electrons. The molecule has 0 spiro atoms. The van der Waals surface area contributed by atoms with Crippen LogP contribution in [-0.2, 0) is 11.3 Å². The van der Waals surface area contributed by atoms with Crippen LogP contribution in [0.1, 0.15) is 56.0 Å². The topological polar surface area (TPSA) is 56.8 Å². The molecule has 7 heteroatoms. The quantitative estimate of drug-likeness (QED) is 0.689. The fraction of sp³-hybridized carbons (Fsp3) is 0.500. The number of nitrogens with zero attached hydrogens (tertiary/aromatic N) is 4. The van der Waals surface area contributed by atoms with Crippen molar-refractivity contribution in [3.05, 3.63) is 59.7 Å². The Balaban J connectivity index is 2.00. The van der Waals surface area contributed by atoms with Crippen LogP contribution in [0.25, 0.3) is 0 Å². The van der Waals surface area contributed by atoms with Gasteiger partial charge in [0.2, 0.25) is 5.91 Å². The Labute approximate surface area is 196 Å². The Bertz CT molecular complexity index is 935. The van der Waals surface area contributed by atoms with Crippen molar-refractivity contribution in [2.75, 3.05) is 37.6 Å². The first-order valence-electron chi connectivity index (χ1n) is 11.9. The zero-order valence-electron chi connectivity index (χ0n) is 20.0. The van der Waals surface area contributed by atoms with E-state index >= 15 is 0 Å². The first-order chi connectivity index (χ1) is 15.9. The molecule has 1 aliphatic heterocycles. The average Bonchev–Trinajstić information content (AvgIpc) is 2.80. The molecule has 0 saturated heterocycles. The van der Waals surface area contributed by atoms with Gasteiger partial charge in [-0.15, -0.1) is 0 Å². The Morgan fingerprint density at radius 3 is 2.52 bits per heavy atom. The molecule has 33 heavy (non-hydrogen) atoms. The normalized spacial score (nSPS) is 16.2. The number of carbonyl (C=O) groups is 2. The molecule has 0 N–H and O–H groups in total. The highest BCUT2D eigenvalue weighted by molar-refractivity contribution is 6.06. The van der Waals surface area contributed by atoms with Gasteiger partial charge in [0.05, 0.1) is 5.56 Å². The van der Waals surface area contributed by atoms with E-state index in [0.717, 1.165) is 32.5 Å². The molecule has 0 saturated carbocycles. The van der Waals surface area contributed by atoms with E-state index in [0.29, 0.717) is 42.2 Å². The van der Waals surface area contributed by atoms with Gasteiger partial charge in [0.15, 0.2) is 0 Å². The summed E-state index contributed by atoms with van der Waals surface area (Å²) in [5, 5.41) is 0. The number of fused-ring (bicyclic) bond motifs is 1. The lowest BCUT2D eigenvalue weighted by Crippen LogP contribution is -2.39. The summed E-state index contributed by atoms with van der Waals surface area (Å²) >= 11 is 0. The van der Waals surface area contributed by atoms with Crippen molar-refractivity contribution in [1.82, 2.24) is 14.8 Å². The van der Waals surface area contributed by atoms with Crippen LogP contribution in [0.15, 0.2) is 42.7 Å². The molecule has 0 bridgehead atoms. The second-order valence-electron chi connectivity index (χ2n) is 9.04. The van der Waals surface area contributed by atoms with Crippen LogP contribution in [0.2, 0.25) is 0 Å². The Hall–Kier alpha value is -2.80. The lowest BCUT2D eigenvalue weighted by Gasteiger charge is -2.32. The predicted octanol–water partition coefficient (Wildman–Crippen LogP) is 4.36. The summed E-state index contributed by atoms with van der Waals surface area (Å²) in [6, 6.07) is 7.97. The molecule has 2 heterocycles. The van der Waals surface area contributed by atoms with Crippen LogP contribution in [0.4, 0.5) is 10.1 Å². The molecular weight excluding hydrogens is 419 g/mol. The molecule has 1 aliphatic rings. The standard InChI is InChI=1S/C26H35FN4O2/c1-4-25(32)30-14-6-12-29(18-20(2)3)13-7-15-31(26(33)21-8-5-11-28-17-21)24-10-9-23(27)16-22(24)19-30/h5,8-11,16-17,20H,4,6-7,12-15,18-19H2,1-3H3. The highest BCUT2D eigenvalue weighted by Gasteiger charge is 2.24. The van der Waals surface area contributed by atoms with Crippen LogP contribution < -0.4 is 4.90 Å². The van der Waals surface area contributed by atoms with Crippen molar-refractivity contribution in [2.24, 2.45) is 5.92 Å². The molecule has 1 aromatic heterocycles. The van der Waals surface area contributed by atoms with E-state index in [9.17, 15) is 14.0 Å². The molecule has 2 aromatic rings. The van der Waals surface area contributed by atoms with Gasteiger partial charge >= 0.3 is 0 Å². The predicted molar refractivity (Wildman–Crippen MR) is 129 cm³/mol. The number of halogens is 1. The summed E-state index contributed by atoms with van der Waals surface area (Å²) in [6.45, 7) is 10.3. The van der Waals surface area contributed by atoms with Crippen LogP contribution in [-0.4, -0.2) is 59.3 Å². The minimum Gasteiger partial charge on any atom is -0.338 e. The molecule has 1 aromatic carbocycles. The van der Waals surface area contributed by atoms with Crippen LogP contribution in [0.3, 0.4) is 0 Å². The fourth-order valence-corrected chi connectivity index (χ4v) is 4.39. The second kappa shape index (κ2) is 11.9. The third-order valence-corrected chi connectivity index (χ3v) is 5.88. The third kappa shape index (κ3) is 6.84. The number of benzene rings is 1. The van der Waals surface area contributed by atoms with Crippen LogP contribution >= 0.6 is 0 Å². The van der Waals surface area contributed by atoms with Gasteiger partial charge in [-0.3, -0.25) is 14.6 Å². The second-order valence-corrected chi connectivity index (χ2v) is 9.04. The van der Waals surface area contributed by atoms with E-state index < -0.39 is 0 Å². The van der Waals surface area contributed by atoms with Gasteiger partial charge in [-0.25, -0.2) is 4.39 Å². The lowest BCUT2D eigenvalue weighted by atomic mass is 10.1. The van der Waals surface area contributed by atoms with E-state index in [1.54, 1.807) is 40.4 Å². The summed E-state index contributed by atoms with van der Waals surface area (Å²) in [5.74, 6) is 0.0179. The highest BCUT2D eigenvalue weighted by atomic mass is 19.1. The number of rotatable bonds is 4. The van der Waals surface area contributed by atoms with E-state index in [1.807, 2.05) is 6.92 Å². The zero-order valence-corrected chi connectivity index (χ0v) is 20.0. The number of hydrogen-bond donors (Lipinski definition) is 0. The van der Waals surface area contributed by atoms with Crippen molar-refractivity contribution in [1.29, 1.82) is 0 Å². The Morgan fingerprint density at radius 2 is 1.85 bits per heavy atom. The maximum absolute atomic E-state index is 14.3. The smallest absolute Gasteiger partial charge is 0.259 e. The number of pyridine rings is 1. The lowest BCUT2D eigenvalue weighted by molar-refractivity contribution is -0.131. The van der Waals surface area contributed by atoms with Crippen molar-refractivity contribution in [3.8, 4) is 0 Å².